The van der Waals surface area contributed by atoms with E-state index in [-0.39, 0.29) is 43.1 Å². The summed E-state index contributed by atoms with van der Waals surface area (Å²) in [6.07, 6.45) is -0.334. The number of benzene rings is 1. The van der Waals surface area contributed by atoms with Gasteiger partial charge in [0.15, 0.2) is 11.5 Å². The minimum absolute atomic E-state index is 0.0424. The lowest BCUT2D eigenvalue weighted by Gasteiger charge is -2.37. The van der Waals surface area contributed by atoms with Crippen LogP contribution in [0.2, 0.25) is 0 Å². The number of piperidine rings is 1. The van der Waals surface area contributed by atoms with E-state index in [1.807, 2.05) is 0 Å². The molecule has 0 bridgehead atoms. The summed E-state index contributed by atoms with van der Waals surface area (Å²) in [4.78, 5) is 22.4. The number of hydrogen-bond acceptors (Lipinski definition) is 5. The normalized spacial score (nSPS) is 19.9. The molecule has 2 aromatic rings. The van der Waals surface area contributed by atoms with Crippen LogP contribution in [0.1, 0.15) is 30.8 Å². The molecule has 5 nitrogen and oxygen atoms in total. The van der Waals surface area contributed by atoms with Crippen molar-refractivity contribution in [2.45, 2.75) is 26.2 Å². The zero-order valence-electron chi connectivity index (χ0n) is 13.9. The fourth-order valence-electron chi connectivity index (χ4n) is 2.85. The first-order valence-electron chi connectivity index (χ1n) is 8.09. The molecular weight excluding hydrogens is 335 g/mol. The average molecular weight is 353 g/mol. The van der Waals surface area contributed by atoms with Gasteiger partial charge in [-0.15, -0.1) is 0 Å². The van der Waals surface area contributed by atoms with Gasteiger partial charge in [-0.25, -0.2) is 27.9 Å². The van der Waals surface area contributed by atoms with Crippen molar-refractivity contribution in [3.8, 4) is 0 Å². The Labute approximate surface area is 142 Å². The Balaban J connectivity index is 2.07. The zero-order valence-corrected chi connectivity index (χ0v) is 13.9. The Morgan fingerprint density at radius 3 is 2.80 bits per heavy atom. The highest BCUT2D eigenvalue weighted by atomic mass is 19.3. The number of carbonyl (C=O) groups excluding carboxylic acids is 1. The van der Waals surface area contributed by atoms with E-state index in [1.54, 1.807) is 11.8 Å². The number of halogens is 3. The molecule has 1 unspecified atom stereocenters. The number of aromatic nitrogens is 2. The highest BCUT2D eigenvalue weighted by Gasteiger charge is 2.42. The first-order valence-corrected chi connectivity index (χ1v) is 8.09. The van der Waals surface area contributed by atoms with Gasteiger partial charge in [-0.1, -0.05) is 6.92 Å². The van der Waals surface area contributed by atoms with Gasteiger partial charge in [0.2, 0.25) is 0 Å². The summed E-state index contributed by atoms with van der Waals surface area (Å²) in [5.41, 5.74) is 0.508. The van der Waals surface area contributed by atoms with Gasteiger partial charge >= 0.3 is 5.97 Å². The molecule has 0 N–H and O–H groups in total. The fraction of sp³-hybridized carbons (Fsp3) is 0.471. The molecule has 0 amide bonds. The Bertz CT molecular complexity index is 813. The maximum Gasteiger partial charge on any atom is 0.360 e. The first kappa shape index (κ1) is 17.4. The molecule has 0 spiro atoms. The van der Waals surface area contributed by atoms with Gasteiger partial charge < -0.3 is 9.64 Å². The average Bonchev–Trinajstić information content (AvgIpc) is 2.56. The number of hydrogen-bond donors (Lipinski definition) is 0. The molecule has 1 aromatic carbocycles. The van der Waals surface area contributed by atoms with Crippen LogP contribution in [0.4, 0.5) is 19.0 Å². The Morgan fingerprint density at radius 1 is 1.36 bits per heavy atom. The van der Waals surface area contributed by atoms with E-state index >= 15 is 0 Å². The monoisotopic (exact) mass is 353 g/mol. The topological polar surface area (TPSA) is 55.3 Å². The second kappa shape index (κ2) is 6.50. The summed E-state index contributed by atoms with van der Waals surface area (Å²) in [6.45, 7) is 3.33. The van der Waals surface area contributed by atoms with Crippen molar-refractivity contribution in [2.24, 2.45) is 5.92 Å². The van der Waals surface area contributed by atoms with Gasteiger partial charge in [-0.2, -0.15) is 0 Å². The number of ether oxygens (including phenoxy) is 1. The molecule has 25 heavy (non-hydrogen) atoms. The Kier molecular flexibility index (Phi) is 4.53. The van der Waals surface area contributed by atoms with E-state index in [4.69, 9.17) is 4.74 Å². The van der Waals surface area contributed by atoms with E-state index in [2.05, 4.69) is 9.97 Å². The van der Waals surface area contributed by atoms with Crippen LogP contribution in [-0.2, 0) is 4.74 Å². The molecule has 134 valence electrons. The minimum Gasteiger partial charge on any atom is -0.461 e. The number of rotatable bonds is 3. The molecule has 0 aliphatic carbocycles. The highest BCUT2D eigenvalue weighted by Crippen LogP contribution is 2.35. The van der Waals surface area contributed by atoms with E-state index in [0.29, 0.717) is 5.52 Å². The van der Waals surface area contributed by atoms with E-state index < -0.39 is 23.6 Å². The lowest BCUT2D eigenvalue weighted by molar-refractivity contribution is -0.0652. The predicted molar refractivity (Wildman–Crippen MR) is 86.4 cm³/mol. The van der Waals surface area contributed by atoms with Crippen molar-refractivity contribution in [3.63, 3.8) is 0 Å². The molecule has 0 radical (unpaired) electrons. The van der Waals surface area contributed by atoms with Gasteiger partial charge in [-0.05, 0) is 19.1 Å². The molecule has 1 fully saturated rings. The second-order valence-electron chi connectivity index (χ2n) is 6.11. The van der Waals surface area contributed by atoms with Crippen LogP contribution in [0.25, 0.3) is 11.0 Å². The standard InChI is InChI=1S/C17H18F3N3O2/c1-3-25-16(24)14-15(23-7-6-17(19,20)10(2)9-23)22-12-5-4-11(18)8-13(12)21-14/h4-5,8,10H,3,6-7,9H2,1-2H3. The molecule has 1 aliphatic rings. The van der Waals surface area contributed by atoms with Gasteiger partial charge in [0.25, 0.3) is 5.92 Å². The van der Waals surface area contributed by atoms with Crippen LogP contribution < -0.4 is 4.90 Å². The van der Waals surface area contributed by atoms with Crippen molar-refractivity contribution < 1.29 is 22.7 Å². The Morgan fingerprint density at radius 2 is 2.12 bits per heavy atom. The zero-order chi connectivity index (χ0) is 18.2. The quantitative estimate of drug-likeness (QED) is 0.792. The molecule has 1 saturated heterocycles. The molecular formula is C17H18F3N3O2. The van der Waals surface area contributed by atoms with Crippen LogP contribution in [0.5, 0.6) is 0 Å². The summed E-state index contributed by atoms with van der Waals surface area (Å²) in [6, 6.07) is 3.84. The SMILES string of the molecule is CCOC(=O)c1nc2cc(F)ccc2nc1N1CCC(F)(F)C(C)C1. The van der Waals surface area contributed by atoms with Crippen molar-refractivity contribution in [1.29, 1.82) is 0 Å². The predicted octanol–water partition coefficient (Wildman–Crippen LogP) is 3.43. The smallest absolute Gasteiger partial charge is 0.360 e. The largest absolute Gasteiger partial charge is 0.461 e. The summed E-state index contributed by atoms with van der Waals surface area (Å²) >= 11 is 0. The van der Waals surface area contributed by atoms with Crippen LogP contribution in [0, 0.1) is 11.7 Å². The van der Waals surface area contributed by atoms with Crippen LogP contribution in [0.3, 0.4) is 0 Å². The highest BCUT2D eigenvalue weighted by molar-refractivity contribution is 5.95. The maximum absolute atomic E-state index is 13.8. The molecule has 1 atom stereocenters. The number of fused-ring (bicyclic) bond motifs is 1. The van der Waals surface area contributed by atoms with Crippen molar-refractivity contribution in [3.05, 3.63) is 29.7 Å². The molecule has 1 aliphatic heterocycles. The third-order valence-electron chi connectivity index (χ3n) is 4.31. The molecule has 2 heterocycles. The van der Waals surface area contributed by atoms with Crippen molar-refractivity contribution in [1.82, 2.24) is 9.97 Å². The molecule has 0 saturated carbocycles. The Hall–Kier alpha value is -2.38. The number of esters is 1. The molecule has 1 aromatic heterocycles. The molecule has 3 rings (SSSR count). The van der Waals surface area contributed by atoms with Crippen molar-refractivity contribution >= 4 is 22.8 Å². The van der Waals surface area contributed by atoms with E-state index in [1.165, 1.54) is 25.1 Å². The second-order valence-corrected chi connectivity index (χ2v) is 6.11. The third kappa shape index (κ3) is 3.38. The van der Waals surface area contributed by atoms with Gasteiger partial charge in [0.05, 0.1) is 17.6 Å². The van der Waals surface area contributed by atoms with Gasteiger partial charge in [0.1, 0.15) is 5.82 Å². The van der Waals surface area contributed by atoms with Gasteiger partial charge in [0, 0.05) is 31.5 Å². The van der Waals surface area contributed by atoms with Crippen LogP contribution >= 0.6 is 0 Å². The van der Waals surface area contributed by atoms with Crippen molar-refractivity contribution in [2.75, 3.05) is 24.6 Å². The fourth-order valence-corrected chi connectivity index (χ4v) is 2.85. The van der Waals surface area contributed by atoms with E-state index in [9.17, 15) is 18.0 Å². The molecule has 8 heteroatoms. The number of carbonyl (C=O) groups is 1. The third-order valence-corrected chi connectivity index (χ3v) is 4.31. The number of anilines is 1. The number of alkyl halides is 2. The minimum atomic E-state index is -2.76. The van der Waals surface area contributed by atoms with Crippen LogP contribution in [0.15, 0.2) is 18.2 Å². The lowest BCUT2D eigenvalue weighted by atomic mass is 9.95. The van der Waals surface area contributed by atoms with E-state index in [0.717, 1.165) is 0 Å². The van der Waals surface area contributed by atoms with Gasteiger partial charge in [-0.3, -0.25) is 0 Å². The summed E-state index contributed by atoms with van der Waals surface area (Å²) in [5.74, 6) is -4.66. The first-order chi connectivity index (χ1) is 11.8. The summed E-state index contributed by atoms with van der Waals surface area (Å²) in [5, 5.41) is 0. The van der Waals surface area contributed by atoms with Crippen LogP contribution in [-0.4, -0.2) is 41.6 Å². The summed E-state index contributed by atoms with van der Waals surface area (Å²) < 4.78 is 46.0. The lowest BCUT2D eigenvalue weighted by Crippen LogP contribution is -2.46. The number of nitrogens with zero attached hydrogens (tertiary/aromatic N) is 3. The summed E-state index contributed by atoms with van der Waals surface area (Å²) in [7, 11) is 0. The maximum atomic E-state index is 13.8.